The quantitative estimate of drug-likeness (QED) is 0.470. The van der Waals surface area contributed by atoms with Crippen molar-refractivity contribution < 1.29 is 14.9 Å². The average Bonchev–Trinajstić information content (AvgIpc) is 3.09. The van der Waals surface area contributed by atoms with Gasteiger partial charge in [0, 0.05) is 7.11 Å². The summed E-state index contributed by atoms with van der Waals surface area (Å²) in [6, 6.07) is 0. The largest absolute Gasteiger partial charge is 0.393 e. The molecule has 0 aromatic rings. The van der Waals surface area contributed by atoms with Crippen molar-refractivity contribution in [1.29, 1.82) is 0 Å². The predicted molar refractivity (Wildman–Crippen MR) is 131 cm³/mol. The van der Waals surface area contributed by atoms with Crippen molar-refractivity contribution in [2.24, 2.45) is 52.3 Å². The Hall–Kier alpha value is -0.120. The Balaban J connectivity index is 1.47. The molecule has 4 aliphatic rings. The fourth-order valence-corrected chi connectivity index (χ4v) is 9.66. The maximum absolute atomic E-state index is 11.1. The van der Waals surface area contributed by atoms with E-state index >= 15 is 0 Å². The molecule has 4 aliphatic carbocycles. The second-order valence-corrected chi connectivity index (χ2v) is 13.6. The van der Waals surface area contributed by atoms with Gasteiger partial charge >= 0.3 is 0 Å². The standard InChI is InChI=1S/C29H52O3/c1-19(2)7-12-26(30)20(3)23-10-11-24-22-9-8-21-17-29(31,18-32-6)16-15-27(21,4)25(22)13-14-28(23,24)5/h19-26,30-31H,7-18H2,1-6H3/t20-,21-,22-,23+,24-,25-,26+,27-,28+,29-/m0/s1. The van der Waals surface area contributed by atoms with Crippen molar-refractivity contribution in [1.82, 2.24) is 0 Å². The van der Waals surface area contributed by atoms with Crippen LogP contribution < -0.4 is 0 Å². The molecule has 4 saturated carbocycles. The van der Waals surface area contributed by atoms with E-state index in [1.807, 2.05) is 0 Å². The second-order valence-electron chi connectivity index (χ2n) is 13.6. The third-order valence-electron chi connectivity index (χ3n) is 11.6. The molecule has 32 heavy (non-hydrogen) atoms. The van der Waals surface area contributed by atoms with Crippen LogP contribution in [0.3, 0.4) is 0 Å². The number of hydrogen-bond donors (Lipinski definition) is 2. The third kappa shape index (κ3) is 4.22. The first-order valence-corrected chi connectivity index (χ1v) is 13.9. The van der Waals surface area contributed by atoms with Crippen LogP contribution in [0.1, 0.15) is 105 Å². The zero-order valence-electron chi connectivity index (χ0n) is 21.9. The first kappa shape index (κ1) is 25.0. The van der Waals surface area contributed by atoms with Gasteiger partial charge in [0.25, 0.3) is 0 Å². The van der Waals surface area contributed by atoms with Crippen LogP contribution in [-0.2, 0) is 4.74 Å². The molecule has 0 amide bonds. The van der Waals surface area contributed by atoms with Gasteiger partial charge in [0.1, 0.15) is 0 Å². The summed E-state index contributed by atoms with van der Waals surface area (Å²) < 4.78 is 5.39. The monoisotopic (exact) mass is 448 g/mol. The van der Waals surface area contributed by atoms with Gasteiger partial charge in [0.2, 0.25) is 0 Å². The highest BCUT2D eigenvalue weighted by Gasteiger charge is 2.61. The Morgan fingerprint density at radius 1 is 0.875 bits per heavy atom. The summed E-state index contributed by atoms with van der Waals surface area (Å²) in [6.07, 6.45) is 13.0. The predicted octanol–water partition coefficient (Wildman–Crippen LogP) is 6.46. The number of aliphatic hydroxyl groups is 2. The Kier molecular flexibility index (Phi) is 7.15. The van der Waals surface area contributed by atoms with Gasteiger partial charge in [0.15, 0.2) is 0 Å². The van der Waals surface area contributed by atoms with Crippen LogP contribution in [0.4, 0.5) is 0 Å². The number of fused-ring (bicyclic) bond motifs is 5. The van der Waals surface area contributed by atoms with Crippen LogP contribution in [0.5, 0.6) is 0 Å². The summed E-state index contributed by atoms with van der Waals surface area (Å²) in [5.74, 6) is 4.94. The van der Waals surface area contributed by atoms with E-state index in [4.69, 9.17) is 4.74 Å². The molecule has 4 fully saturated rings. The zero-order valence-corrected chi connectivity index (χ0v) is 21.9. The number of methoxy groups -OCH3 is 1. The number of ether oxygens (including phenoxy) is 1. The Labute approximate surface area is 198 Å². The van der Waals surface area contributed by atoms with Gasteiger partial charge in [-0.3, -0.25) is 0 Å². The summed E-state index contributed by atoms with van der Waals surface area (Å²) >= 11 is 0. The van der Waals surface area contributed by atoms with Gasteiger partial charge in [-0.05, 0) is 123 Å². The molecular weight excluding hydrogens is 396 g/mol. The maximum atomic E-state index is 11.1. The lowest BCUT2D eigenvalue weighted by atomic mass is 9.43. The van der Waals surface area contributed by atoms with Gasteiger partial charge in [-0.1, -0.05) is 34.6 Å². The van der Waals surface area contributed by atoms with Crippen LogP contribution >= 0.6 is 0 Å². The lowest BCUT2D eigenvalue weighted by Crippen LogP contribution is -2.57. The maximum Gasteiger partial charge on any atom is 0.0883 e. The molecule has 0 saturated heterocycles. The molecule has 0 bridgehead atoms. The lowest BCUT2D eigenvalue weighted by Gasteiger charge is -2.62. The first-order valence-electron chi connectivity index (χ1n) is 13.9. The highest BCUT2D eigenvalue weighted by atomic mass is 16.5. The molecule has 2 N–H and O–H groups in total. The van der Waals surface area contributed by atoms with E-state index in [9.17, 15) is 10.2 Å². The second kappa shape index (κ2) is 9.15. The summed E-state index contributed by atoms with van der Waals surface area (Å²) in [4.78, 5) is 0. The number of rotatable bonds is 7. The van der Waals surface area contributed by atoms with E-state index < -0.39 is 5.60 Å². The van der Waals surface area contributed by atoms with Crippen LogP contribution in [-0.4, -0.2) is 35.6 Å². The molecule has 0 unspecified atom stereocenters. The summed E-state index contributed by atoms with van der Waals surface area (Å²) in [6.45, 7) is 12.6. The highest BCUT2D eigenvalue weighted by molar-refractivity contribution is 5.11. The molecule has 0 aliphatic heterocycles. The topological polar surface area (TPSA) is 49.7 Å². The zero-order chi connectivity index (χ0) is 23.3. The highest BCUT2D eigenvalue weighted by Crippen LogP contribution is 2.68. The fraction of sp³-hybridized carbons (Fsp3) is 1.00. The minimum absolute atomic E-state index is 0.138. The van der Waals surface area contributed by atoms with E-state index in [0.717, 1.165) is 49.9 Å². The molecule has 4 rings (SSSR count). The van der Waals surface area contributed by atoms with E-state index in [1.54, 1.807) is 7.11 Å². The molecule has 186 valence electrons. The Morgan fingerprint density at radius 3 is 2.28 bits per heavy atom. The van der Waals surface area contributed by atoms with E-state index in [-0.39, 0.29) is 6.10 Å². The summed E-state index contributed by atoms with van der Waals surface area (Å²) in [7, 11) is 1.72. The van der Waals surface area contributed by atoms with Gasteiger partial charge in [-0.25, -0.2) is 0 Å². The van der Waals surface area contributed by atoms with Gasteiger partial charge in [-0.2, -0.15) is 0 Å². The van der Waals surface area contributed by atoms with Gasteiger partial charge < -0.3 is 14.9 Å². The van der Waals surface area contributed by atoms with Crippen LogP contribution in [0.15, 0.2) is 0 Å². The Bertz CT molecular complexity index is 648. The fourth-order valence-electron chi connectivity index (χ4n) is 9.66. The molecule has 3 heteroatoms. The minimum atomic E-state index is -0.602. The van der Waals surface area contributed by atoms with Crippen molar-refractivity contribution in [2.45, 2.75) is 117 Å². The van der Waals surface area contributed by atoms with Gasteiger partial charge in [-0.15, -0.1) is 0 Å². The lowest BCUT2D eigenvalue weighted by molar-refractivity contribution is -0.164. The smallest absolute Gasteiger partial charge is 0.0883 e. The average molecular weight is 449 g/mol. The third-order valence-corrected chi connectivity index (χ3v) is 11.6. The van der Waals surface area contributed by atoms with Crippen molar-refractivity contribution in [3.63, 3.8) is 0 Å². The molecule has 0 radical (unpaired) electrons. The number of aliphatic hydroxyl groups excluding tert-OH is 1. The van der Waals surface area contributed by atoms with E-state index in [0.29, 0.717) is 41.1 Å². The molecule has 3 nitrogen and oxygen atoms in total. The first-order chi connectivity index (χ1) is 15.0. The molecule has 10 atom stereocenters. The minimum Gasteiger partial charge on any atom is -0.393 e. The Morgan fingerprint density at radius 2 is 1.59 bits per heavy atom. The van der Waals surface area contributed by atoms with Crippen LogP contribution in [0.25, 0.3) is 0 Å². The van der Waals surface area contributed by atoms with Crippen molar-refractivity contribution >= 4 is 0 Å². The van der Waals surface area contributed by atoms with Crippen molar-refractivity contribution in [2.75, 3.05) is 13.7 Å². The molecule has 0 aromatic carbocycles. The molecule has 0 heterocycles. The molecule has 0 spiro atoms. The van der Waals surface area contributed by atoms with Crippen LogP contribution in [0.2, 0.25) is 0 Å². The van der Waals surface area contributed by atoms with E-state index in [2.05, 4.69) is 34.6 Å². The van der Waals surface area contributed by atoms with E-state index in [1.165, 1.54) is 38.5 Å². The molecular formula is C29H52O3. The summed E-state index contributed by atoms with van der Waals surface area (Å²) in [5, 5.41) is 22.1. The number of hydrogen-bond acceptors (Lipinski definition) is 3. The summed E-state index contributed by atoms with van der Waals surface area (Å²) in [5.41, 5.74) is 0.202. The van der Waals surface area contributed by atoms with Crippen molar-refractivity contribution in [3.05, 3.63) is 0 Å². The van der Waals surface area contributed by atoms with Crippen LogP contribution in [0, 0.1) is 52.3 Å². The SMILES string of the molecule is COC[C@]1(O)CC[C@@]2(C)[C@@H](CC[C@@H]3[C@@H]2CC[C@]2(C)[C@@H]([C@H](C)[C@H](O)CCC(C)C)CC[C@@H]32)C1. The van der Waals surface area contributed by atoms with Gasteiger partial charge in [0.05, 0.1) is 18.3 Å². The normalized spacial score (nSPS) is 48.1. The molecule has 0 aromatic heterocycles. The van der Waals surface area contributed by atoms with Crippen molar-refractivity contribution in [3.8, 4) is 0 Å².